The van der Waals surface area contributed by atoms with Crippen molar-refractivity contribution in [2.75, 3.05) is 25.9 Å². The molecule has 2 amide bonds. The normalized spacial score (nSPS) is 15.5. The number of likely N-dealkylation sites (tertiary alicyclic amines) is 1. The fraction of sp³-hybridized carbons (Fsp3) is 0.409. The van der Waals surface area contributed by atoms with Crippen LogP contribution in [0.15, 0.2) is 24.4 Å². The third-order valence-corrected chi connectivity index (χ3v) is 7.75. The lowest BCUT2D eigenvalue weighted by molar-refractivity contribution is -0.134. The Bertz CT molecular complexity index is 1310. The molecule has 1 aliphatic heterocycles. The molecule has 33 heavy (non-hydrogen) atoms. The molecule has 1 fully saturated rings. The van der Waals surface area contributed by atoms with Crippen LogP contribution in [0.2, 0.25) is 0 Å². The molecule has 0 aliphatic carbocycles. The molecule has 0 radical (unpaired) electrons. The minimum absolute atomic E-state index is 0.00796. The Morgan fingerprint density at radius 3 is 2.70 bits per heavy atom. The number of nitrogens with two attached hydrogens (primary N) is 1. The molecule has 3 rings (SSSR count). The smallest absolute Gasteiger partial charge is 0.264 e. The topological polar surface area (TPSA) is 148 Å². The molecule has 4 N–H and O–H groups in total. The molecule has 1 unspecified atom stereocenters. The van der Waals surface area contributed by atoms with Gasteiger partial charge in [-0.05, 0) is 43.4 Å². The van der Waals surface area contributed by atoms with E-state index in [1.165, 1.54) is 12.4 Å². The van der Waals surface area contributed by atoms with Gasteiger partial charge >= 0.3 is 0 Å². The Kier molecular flexibility index (Phi) is 7.08. The van der Waals surface area contributed by atoms with E-state index in [4.69, 9.17) is 10.9 Å². The van der Waals surface area contributed by atoms with Crippen molar-refractivity contribution >= 4 is 32.6 Å². The number of carbonyl (C=O) groups excluding carboxylic acids is 2. The van der Waals surface area contributed by atoms with Crippen LogP contribution < -0.4 is 11.2 Å². The Morgan fingerprint density at radius 1 is 1.33 bits per heavy atom. The second-order valence-corrected chi connectivity index (χ2v) is 10.5. The molecule has 174 valence electrons. The minimum atomic E-state index is -3.78. The first-order chi connectivity index (χ1) is 15.6. The van der Waals surface area contributed by atoms with Gasteiger partial charge in [0.2, 0.25) is 5.91 Å². The van der Waals surface area contributed by atoms with Gasteiger partial charge < -0.3 is 10.6 Å². The third-order valence-electron chi connectivity index (χ3n) is 5.72. The molecule has 1 saturated heterocycles. The Labute approximate surface area is 192 Å². The average molecular weight is 472 g/mol. The highest BCUT2D eigenvalue weighted by Gasteiger charge is 2.43. The van der Waals surface area contributed by atoms with Gasteiger partial charge in [-0.2, -0.15) is 5.10 Å². The highest BCUT2D eigenvalue weighted by Crippen LogP contribution is 2.23. The quantitative estimate of drug-likeness (QED) is 0.292. The fourth-order valence-corrected chi connectivity index (χ4v) is 4.17. The van der Waals surface area contributed by atoms with E-state index in [1.54, 1.807) is 27.9 Å². The standard InChI is InChI=1S/C22H25N5O5S/c1-22(21(29)25-30,33(2,31)32)9-10-27-15-18-11-16(7-8-19(18)24-27)5-3-4-6-17-13-26(14-17)20(28)12-23/h7-8,11,15,17,30H,9-10,12-14,23H2,1-2H3,(H,25,29). The van der Waals surface area contributed by atoms with Crippen molar-refractivity contribution < 1.29 is 23.2 Å². The van der Waals surface area contributed by atoms with E-state index in [1.807, 2.05) is 6.07 Å². The lowest BCUT2D eigenvalue weighted by Crippen LogP contribution is -2.51. The summed E-state index contributed by atoms with van der Waals surface area (Å²) in [4.78, 5) is 25.0. The van der Waals surface area contributed by atoms with E-state index in [9.17, 15) is 18.0 Å². The SMILES string of the molecule is CC(CCn1cc2cc(C#CC#CC3CN(C(=O)CN)C3)ccc2n1)(C(=O)NO)S(C)(=O)=O. The van der Waals surface area contributed by atoms with Crippen LogP contribution in [0.5, 0.6) is 0 Å². The van der Waals surface area contributed by atoms with E-state index >= 15 is 0 Å². The average Bonchev–Trinajstić information content (AvgIpc) is 3.16. The summed E-state index contributed by atoms with van der Waals surface area (Å²) in [6.45, 7) is 2.59. The number of rotatable bonds is 6. The first-order valence-electron chi connectivity index (χ1n) is 10.2. The summed E-state index contributed by atoms with van der Waals surface area (Å²) < 4.78 is 24.0. The number of nitrogens with one attached hydrogen (secondary N) is 1. The van der Waals surface area contributed by atoms with Crippen LogP contribution in [0.25, 0.3) is 10.9 Å². The van der Waals surface area contributed by atoms with Crippen LogP contribution in [0.1, 0.15) is 18.9 Å². The number of fused-ring (bicyclic) bond motifs is 1. The van der Waals surface area contributed by atoms with Gasteiger partial charge in [-0.15, -0.1) is 0 Å². The van der Waals surface area contributed by atoms with Crippen LogP contribution in [0.4, 0.5) is 0 Å². The molecule has 2 heterocycles. The number of aromatic nitrogens is 2. The number of carbonyl (C=O) groups is 2. The number of nitrogens with zero attached hydrogens (tertiary/aromatic N) is 3. The maximum Gasteiger partial charge on any atom is 0.264 e. The summed E-state index contributed by atoms with van der Waals surface area (Å²) in [5, 5.41) is 14.1. The van der Waals surface area contributed by atoms with E-state index in [-0.39, 0.29) is 31.3 Å². The molecule has 10 nitrogen and oxygen atoms in total. The molecule has 1 aliphatic rings. The monoisotopic (exact) mass is 471 g/mol. The Balaban J connectivity index is 1.66. The van der Waals surface area contributed by atoms with Crippen molar-refractivity contribution in [3.8, 4) is 23.7 Å². The summed E-state index contributed by atoms with van der Waals surface area (Å²) >= 11 is 0. The van der Waals surface area contributed by atoms with Gasteiger partial charge in [0, 0.05) is 43.0 Å². The van der Waals surface area contributed by atoms with Crippen molar-refractivity contribution in [2.45, 2.75) is 24.6 Å². The number of amides is 2. The molecule has 0 saturated carbocycles. The van der Waals surface area contributed by atoms with Gasteiger partial charge in [-0.1, -0.05) is 11.8 Å². The largest absolute Gasteiger partial charge is 0.339 e. The van der Waals surface area contributed by atoms with Crippen LogP contribution in [-0.4, -0.2) is 70.8 Å². The predicted octanol–water partition coefficient (Wildman–Crippen LogP) is -0.493. The second kappa shape index (κ2) is 9.63. The number of hydrogen-bond acceptors (Lipinski definition) is 7. The molecular weight excluding hydrogens is 446 g/mol. The fourth-order valence-electron chi connectivity index (χ4n) is 3.33. The predicted molar refractivity (Wildman–Crippen MR) is 121 cm³/mol. The van der Waals surface area contributed by atoms with Gasteiger partial charge in [-0.25, -0.2) is 13.9 Å². The van der Waals surface area contributed by atoms with Crippen molar-refractivity contribution in [3.05, 3.63) is 30.0 Å². The first kappa shape index (κ1) is 24.3. The maximum atomic E-state index is 12.1. The van der Waals surface area contributed by atoms with E-state index in [0.717, 1.165) is 17.2 Å². The van der Waals surface area contributed by atoms with Crippen molar-refractivity contribution in [1.82, 2.24) is 20.2 Å². The molecule has 0 spiro atoms. The summed E-state index contributed by atoms with van der Waals surface area (Å²) in [6, 6.07) is 5.44. The molecular formula is C22H25N5O5S. The molecule has 1 aromatic carbocycles. The van der Waals surface area contributed by atoms with E-state index < -0.39 is 20.5 Å². The van der Waals surface area contributed by atoms with Gasteiger partial charge in [0.15, 0.2) is 14.6 Å². The highest BCUT2D eigenvalue weighted by atomic mass is 32.2. The molecule has 0 bridgehead atoms. The summed E-state index contributed by atoms with van der Waals surface area (Å²) in [7, 11) is -3.78. The zero-order valence-electron chi connectivity index (χ0n) is 18.3. The third kappa shape index (κ3) is 5.34. The van der Waals surface area contributed by atoms with Gasteiger partial charge in [0.05, 0.1) is 18.0 Å². The molecule has 2 aromatic rings. The number of hydroxylamine groups is 1. The Hall–Kier alpha value is -3.38. The Morgan fingerprint density at radius 2 is 2.06 bits per heavy atom. The maximum absolute atomic E-state index is 12.1. The summed E-state index contributed by atoms with van der Waals surface area (Å²) in [6.07, 6.45) is 2.63. The molecule has 1 aromatic heterocycles. The zero-order valence-corrected chi connectivity index (χ0v) is 19.1. The van der Waals surface area contributed by atoms with Crippen molar-refractivity contribution in [1.29, 1.82) is 0 Å². The zero-order chi connectivity index (χ0) is 24.2. The number of sulfone groups is 1. The second-order valence-electron chi connectivity index (χ2n) is 8.08. The van der Waals surface area contributed by atoms with Crippen LogP contribution in [-0.2, 0) is 26.0 Å². The highest BCUT2D eigenvalue weighted by molar-refractivity contribution is 7.92. The first-order valence-corrected chi connectivity index (χ1v) is 12.1. The summed E-state index contributed by atoms with van der Waals surface area (Å²) in [5.41, 5.74) is 8.19. The van der Waals surface area contributed by atoms with Crippen molar-refractivity contribution in [3.63, 3.8) is 0 Å². The number of benzene rings is 1. The lowest BCUT2D eigenvalue weighted by Gasteiger charge is -2.35. The van der Waals surface area contributed by atoms with Crippen LogP contribution in [0.3, 0.4) is 0 Å². The van der Waals surface area contributed by atoms with E-state index in [2.05, 4.69) is 28.8 Å². The van der Waals surface area contributed by atoms with Crippen LogP contribution in [0, 0.1) is 29.6 Å². The number of aryl methyl sites for hydroxylation is 1. The van der Waals surface area contributed by atoms with Gasteiger partial charge in [-0.3, -0.25) is 19.5 Å². The van der Waals surface area contributed by atoms with Crippen LogP contribution >= 0.6 is 0 Å². The summed E-state index contributed by atoms with van der Waals surface area (Å²) in [5.74, 6) is 10.7. The van der Waals surface area contributed by atoms with Gasteiger partial charge in [0.25, 0.3) is 5.91 Å². The lowest BCUT2D eigenvalue weighted by atomic mass is 10.0. The number of hydrogen-bond donors (Lipinski definition) is 3. The molecule has 11 heteroatoms. The van der Waals surface area contributed by atoms with E-state index in [0.29, 0.717) is 18.6 Å². The minimum Gasteiger partial charge on any atom is -0.339 e. The van der Waals surface area contributed by atoms with Gasteiger partial charge in [0.1, 0.15) is 0 Å². The van der Waals surface area contributed by atoms with Crippen molar-refractivity contribution in [2.24, 2.45) is 11.7 Å². The molecule has 1 atom stereocenters.